The van der Waals surface area contributed by atoms with Gasteiger partial charge in [0, 0.05) is 44.0 Å². The zero-order valence-electron chi connectivity index (χ0n) is 20.9. The van der Waals surface area contributed by atoms with E-state index >= 15 is 0 Å². The Morgan fingerprint density at radius 1 is 0.359 bits per heavy atom. The fourth-order valence-electron chi connectivity index (χ4n) is 8.33. The summed E-state index contributed by atoms with van der Waals surface area (Å²) < 4.78 is 5.12. The number of fused-ring (bicyclic) bond motifs is 11. The molecule has 0 saturated heterocycles. The standard InChI is InChI=1S/C36H19BN2/c1-2-9-21-20(8-1)24-16-18-26-22-10-3-5-12-28(22)38-30-14-7-15-31-34(30)37(32(24)35(26)38)33-25(21)17-19-27-23-11-4-6-13-29(23)39(31)36(27)33/h1-19H. The zero-order chi connectivity index (χ0) is 25.0. The van der Waals surface area contributed by atoms with Crippen LogP contribution in [0.1, 0.15) is 0 Å². The van der Waals surface area contributed by atoms with E-state index in [4.69, 9.17) is 0 Å². The van der Waals surface area contributed by atoms with Gasteiger partial charge in [-0.1, -0.05) is 91.0 Å². The van der Waals surface area contributed by atoms with Gasteiger partial charge in [-0.3, -0.25) is 0 Å². The van der Waals surface area contributed by atoms with Gasteiger partial charge in [-0.05, 0) is 62.9 Å². The highest BCUT2D eigenvalue weighted by Gasteiger charge is 2.44. The van der Waals surface area contributed by atoms with Crippen LogP contribution in [0.5, 0.6) is 0 Å². The van der Waals surface area contributed by atoms with E-state index in [1.54, 1.807) is 0 Å². The van der Waals surface area contributed by atoms with Gasteiger partial charge < -0.3 is 9.13 Å². The predicted octanol–water partition coefficient (Wildman–Crippen LogP) is 6.67. The van der Waals surface area contributed by atoms with Gasteiger partial charge in [0.15, 0.2) is 0 Å². The molecule has 2 nitrogen and oxygen atoms in total. The largest absolute Gasteiger partial charge is 0.310 e. The van der Waals surface area contributed by atoms with Crippen molar-refractivity contribution in [2.24, 2.45) is 0 Å². The Morgan fingerprint density at radius 2 is 0.846 bits per heavy atom. The Labute approximate surface area is 224 Å². The maximum Gasteiger partial charge on any atom is 0.253 e. The molecule has 0 amide bonds. The Morgan fingerprint density at radius 3 is 1.38 bits per heavy atom. The molecular weight excluding hydrogens is 471 g/mol. The van der Waals surface area contributed by atoms with Crippen LogP contribution in [0, 0.1) is 0 Å². The van der Waals surface area contributed by atoms with Crippen molar-refractivity contribution in [3.05, 3.63) is 115 Å². The first kappa shape index (κ1) is 19.1. The lowest BCUT2D eigenvalue weighted by Crippen LogP contribution is -2.60. The number of nitrogens with zero attached hydrogens (tertiary/aromatic N) is 2. The minimum Gasteiger partial charge on any atom is -0.310 e. The highest BCUT2D eigenvalue weighted by atomic mass is 15.0. The van der Waals surface area contributed by atoms with Crippen LogP contribution in [0.3, 0.4) is 0 Å². The number of rotatable bonds is 0. The van der Waals surface area contributed by atoms with Crippen molar-refractivity contribution in [1.82, 2.24) is 9.13 Å². The van der Waals surface area contributed by atoms with Gasteiger partial charge in [-0.25, -0.2) is 0 Å². The number of benzene rings is 6. The molecule has 0 unspecified atom stereocenters. The molecule has 0 atom stereocenters. The average molecular weight is 490 g/mol. The summed E-state index contributed by atoms with van der Waals surface area (Å²) in [6.07, 6.45) is 0. The molecular formula is C36H19BN2. The van der Waals surface area contributed by atoms with Gasteiger partial charge in [0.05, 0.1) is 11.0 Å². The van der Waals surface area contributed by atoms with Crippen LogP contribution < -0.4 is 16.4 Å². The van der Waals surface area contributed by atoms with Crippen molar-refractivity contribution in [1.29, 1.82) is 0 Å². The second kappa shape index (κ2) is 6.16. The molecule has 0 saturated carbocycles. The lowest BCUT2D eigenvalue weighted by molar-refractivity contribution is 1.14. The molecule has 3 aliphatic rings. The number of hydrogen-bond acceptors (Lipinski definition) is 0. The summed E-state index contributed by atoms with van der Waals surface area (Å²) in [4.78, 5) is 0. The van der Waals surface area contributed by atoms with Crippen LogP contribution in [0.25, 0.3) is 77.2 Å². The van der Waals surface area contributed by atoms with Crippen LogP contribution in [-0.2, 0) is 0 Å². The van der Waals surface area contributed by atoms with E-state index in [0.717, 1.165) is 0 Å². The fraction of sp³-hybridized carbons (Fsp3) is 0. The SMILES string of the molecule is c1ccc2c(c1)-c1ccc3c4ccccc4n4c3c1B1c3c-4cccc3-n3c4ccccc4c4ccc-2c1c43. The van der Waals surface area contributed by atoms with Crippen LogP contribution in [0.2, 0.25) is 0 Å². The summed E-state index contributed by atoms with van der Waals surface area (Å²) in [5.74, 6) is 0. The summed E-state index contributed by atoms with van der Waals surface area (Å²) in [5, 5.41) is 5.35. The lowest BCUT2D eigenvalue weighted by Gasteiger charge is -2.34. The highest BCUT2D eigenvalue weighted by molar-refractivity contribution is 7.02. The van der Waals surface area contributed by atoms with Gasteiger partial charge >= 0.3 is 0 Å². The van der Waals surface area contributed by atoms with Crippen molar-refractivity contribution in [2.75, 3.05) is 0 Å². The smallest absolute Gasteiger partial charge is 0.253 e. The molecule has 0 fully saturated rings. The summed E-state index contributed by atoms with van der Waals surface area (Å²) >= 11 is 0. The molecule has 0 bridgehead atoms. The van der Waals surface area contributed by atoms with Gasteiger partial charge in [-0.15, -0.1) is 0 Å². The van der Waals surface area contributed by atoms with E-state index in [1.165, 1.54) is 93.6 Å². The molecule has 3 aliphatic heterocycles. The van der Waals surface area contributed by atoms with Gasteiger partial charge in [0.1, 0.15) is 0 Å². The second-order valence-corrected chi connectivity index (χ2v) is 11.2. The fourth-order valence-corrected chi connectivity index (χ4v) is 8.33. The first-order valence-electron chi connectivity index (χ1n) is 13.8. The quantitative estimate of drug-likeness (QED) is 0.210. The summed E-state index contributed by atoms with van der Waals surface area (Å²) in [7, 11) is 0. The lowest BCUT2D eigenvalue weighted by atomic mass is 9.33. The van der Waals surface area contributed by atoms with Crippen LogP contribution in [0.15, 0.2) is 115 Å². The summed E-state index contributed by atoms with van der Waals surface area (Å²) in [6, 6.07) is 43.4. The van der Waals surface area contributed by atoms with E-state index in [0.29, 0.717) is 0 Å². The molecule has 0 N–H and O–H groups in total. The third-order valence-electron chi connectivity index (χ3n) is 9.67. The molecule has 0 radical (unpaired) electrons. The number of aromatic nitrogens is 2. The maximum atomic E-state index is 2.56. The Hall–Kier alpha value is -5.02. The van der Waals surface area contributed by atoms with E-state index < -0.39 is 0 Å². The Bertz CT molecular complexity index is 2290. The minimum absolute atomic E-state index is 0.176. The van der Waals surface area contributed by atoms with Crippen molar-refractivity contribution in [2.45, 2.75) is 0 Å². The molecule has 3 heteroatoms. The van der Waals surface area contributed by atoms with Crippen LogP contribution in [-0.4, -0.2) is 15.8 Å². The Balaban J connectivity index is 1.52. The molecule has 0 spiro atoms. The molecule has 39 heavy (non-hydrogen) atoms. The molecule has 0 aliphatic carbocycles. The zero-order valence-corrected chi connectivity index (χ0v) is 20.9. The third-order valence-corrected chi connectivity index (χ3v) is 9.67. The van der Waals surface area contributed by atoms with Crippen molar-refractivity contribution < 1.29 is 0 Å². The van der Waals surface area contributed by atoms with Crippen molar-refractivity contribution in [3.8, 4) is 33.6 Å². The van der Waals surface area contributed by atoms with E-state index in [1.807, 2.05) is 0 Å². The molecule has 6 aromatic carbocycles. The topological polar surface area (TPSA) is 9.86 Å². The number of hydrogen-bond donors (Lipinski definition) is 0. The predicted molar refractivity (Wildman–Crippen MR) is 164 cm³/mol. The summed E-state index contributed by atoms with van der Waals surface area (Å²) in [5.41, 5.74) is 17.7. The Kier molecular flexibility index (Phi) is 3.02. The second-order valence-electron chi connectivity index (χ2n) is 11.2. The molecule has 8 aromatic rings. The van der Waals surface area contributed by atoms with Gasteiger partial charge in [0.2, 0.25) is 0 Å². The molecule has 2 aromatic heterocycles. The van der Waals surface area contributed by atoms with Crippen molar-refractivity contribution in [3.63, 3.8) is 0 Å². The monoisotopic (exact) mass is 490 g/mol. The van der Waals surface area contributed by atoms with E-state index in [-0.39, 0.29) is 6.71 Å². The minimum atomic E-state index is 0.176. The van der Waals surface area contributed by atoms with Gasteiger partial charge in [0.25, 0.3) is 6.71 Å². The number of para-hydroxylation sites is 2. The average Bonchev–Trinajstić information content (AvgIpc) is 3.47. The third kappa shape index (κ3) is 1.93. The molecule has 5 heterocycles. The molecule has 11 rings (SSSR count). The normalized spacial score (nSPS) is 13.6. The highest BCUT2D eigenvalue weighted by Crippen LogP contribution is 2.44. The van der Waals surface area contributed by atoms with Crippen LogP contribution in [0.4, 0.5) is 0 Å². The van der Waals surface area contributed by atoms with E-state index in [2.05, 4.69) is 124 Å². The molecule has 176 valence electrons. The summed E-state index contributed by atoms with van der Waals surface area (Å²) in [6.45, 7) is 0.176. The van der Waals surface area contributed by atoms with E-state index in [9.17, 15) is 0 Å². The van der Waals surface area contributed by atoms with Gasteiger partial charge in [-0.2, -0.15) is 0 Å². The maximum absolute atomic E-state index is 2.56. The first-order chi connectivity index (χ1) is 19.4. The van der Waals surface area contributed by atoms with Crippen molar-refractivity contribution >= 4 is 66.7 Å². The van der Waals surface area contributed by atoms with Crippen LogP contribution >= 0.6 is 0 Å². The first-order valence-corrected chi connectivity index (χ1v) is 13.8.